The van der Waals surface area contributed by atoms with E-state index in [1.54, 1.807) is 13.8 Å². The fourth-order valence-electron chi connectivity index (χ4n) is 1.25. The Morgan fingerprint density at radius 2 is 1.53 bits per heavy atom. The van der Waals surface area contributed by atoms with Gasteiger partial charge in [-0.25, -0.2) is 0 Å². The first-order chi connectivity index (χ1) is 7.60. The van der Waals surface area contributed by atoms with Crippen molar-refractivity contribution in [2.24, 2.45) is 0 Å². The zero-order valence-electron chi connectivity index (χ0n) is 11.0. The first-order valence-corrected chi connectivity index (χ1v) is 6.42. The third kappa shape index (κ3) is 4.15. The highest BCUT2D eigenvalue weighted by Crippen LogP contribution is 2.25. The van der Waals surface area contributed by atoms with E-state index in [-0.39, 0.29) is 11.4 Å². The number of hydrogen-bond donors (Lipinski definition) is 0. The van der Waals surface area contributed by atoms with Crippen LogP contribution < -0.4 is 4.74 Å². The molecule has 0 bridgehead atoms. The predicted octanol–water partition coefficient (Wildman–Crippen LogP) is 4.06. The molecule has 0 N–H and O–H groups in total. The summed E-state index contributed by atoms with van der Waals surface area (Å²) in [6, 6.07) is 7.64. The van der Waals surface area contributed by atoms with Crippen molar-refractivity contribution in [1.82, 2.24) is 0 Å². The lowest BCUT2D eigenvalue weighted by Gasteiger charge is -2.19. The molecule has 94 valence electrons. The minimum atomic E-state index is -0.657. The minimum Gasteiger partial charge on any atom is -0.426 e. The number of hydrogen-bond acceptors (Lipinski definition) is 2. The van der Waals surface area contributed by atoms with Crippen LogP contribution in [0.4, 0.5) is 0 Å². The predicted molar refractivity (Wildman–Crippen MR) is 73.8 cm³/mol. The molecule has 0 atom stereocenters. The highest BCUT2D eigenvalue weighted by molar-refractivity contribution is 9.10. The maximum absolute atomic E-state index is 11.6. The molecule has 0 spiro atoms. The molecular weight excluding hydrogens is 280 g/mol. The van der Waals surface area contributed by atoms with Crippen molar-refractivity contribution in [2.45, 2.75) is 44.4 Å². The molecule has 0 saturated carbocycles. The van der Waals surface area contributed by atoms with Gasteiger partial charge in [0.1, 0.15) is 10.1 Å². The van der Waals surface area contributed by atoms with Crippen LogP contribution in [0, 0.1) is 0 Å². The molecule has 0 fully saturated rings. The van der Waals surface area contributed by atoms with Crippen LogP contribution in [0.1, 0.15) is 40.2 Å². The topological polar surface area (TPSA) is 26.3 Å². The first kappa shape index (κ1) is 14.2. The second-order valence-electron chi connectivity index (χ2n) is 5.64. The molecule has 0 saturated heterocycles. The van der Waals surface area contributed by atoms with Crippen LogP contribution in [0.5, 0.6) is 5.75 Å². The van der Waals surface area contributed by atoms with E-state index in [2.05, 4.69) is 36.7 Å². The Balaban J connectivity index is 2.80. The smallest absolute Gasteiger partial charge is 0.327 e. The van der Waals surface area contributed by atoms with Gasteiger partial charge in [-0.2, -0.15) is 0 Å². The van der Waals surface area contributed by atoms with Crippen LogP contribution >= 0.6 is 15.9 Å². The molecule has 1 rings (SSSR count). The molecule has 2 nitrogen and oxygen atoms in total. The number of carbonyl (C=O) groups excluding carboxylic acids is 1. The lowest BCUT2D eigenvalue weighted by atomic mass is 9.87. The SMILES string of the molecule is CC(C)(Br)C(=O)Oc1ccc(C(C)(C)C)cc1. The van der Waals surface area contributed by atoms with Gasteiger partial charge in [-0.1, -0.05) is 48.8 Å². The molecule has 0 amide bonds. The highest BCUT2D eigenvalue weighted by Gasteiger charge is 2.26. The second-order valence-corrected chi connectivity index (χ2v) is 7.62. The summed E-state index contributed by atoms with van der Waals surface area (Å²) in [5, 5.41) is 0. The average molecular weight is 299 g/mol. The number of ether oxygens (including phenoxy) is 1. The van der Waals surface area contributed by atoms with E-state index in [4.69, 9.17) is 4.74 Å². The number of benzene rings is 1. The summed E-state index contributed by atoms with van der Waals surface area (Å²) in [7, 11) is 0. The van der Waals surface area contributed by atoms with Gasteiger partial charge in [-0.3, -0.25) is 4.79 Å². The Morgan fingerprint density at radius 1 is 1.06 bits per heavy atom. The van der Waals surface area contributed by atoms with Gasteiger partial charge in [0.25, 0.3) is 0 Å². The number of alkyl halides is 1. The largest absolute Gasteiger partial charge is 0.426 e. The van der Waals surface area contributed by atoms with E-state index in [1.165, 1.54) is 5.56 Å². The molecule has 0 aliphatic carbocycles. The molecule has 0 aliphatic heterocycles. The molecule has 1 aromatic rings. The summed E-state index contributed by atoms with van der Waals surface area (Å²) >= 11 is 3.27. The van der Waals surface area contributed by atoms with E-state index in [0.29, 0.717) is 5.75 Å². The highest BCUT2D eigenvalue weighted by atomic mass is 79.9. The van der Waals surface area contributed by atoms with Gasteiger partial charge >= 0.3 is 5.97 Å². The van der Waals surface area contributed by atoms with Crippen LogP contribution in [0.15, 0.2) is 24.3 Å². The number of esters is 1. The van der Waals surface area contributed by atoms with Crippen molar-refractivity contribution in [3.63, 3.8) is 0 Å². The fourth-order valence-corrected chi connectivity index (χ4v) is 1.33. The molecule has 1 aromatic carbocycles. The lowest BCUT2D eigenvalue weighted by molar-refractivity contribution is -0.136. The van der Waals surface area contributed by atoms with Gasteiger partial charge in [0, 0.05) is 0 Å². The monoisotopic (exact) mass is 298 g/mol. The maximum Gasteiger partial charge on any atom is 0.327 e. The van der Waals surface area contributed by atoms with Gasteiger partial charge in [0.05, 0.1) is 0 Å². The minimum absolute atomic E-state index is 0.108. The van der Waals surface area contributed by atoms with E-state index in [1.807, 2.05) is 24.3 Å². The molecule has 0 aliphatic rings. The first-order valence-electron chi connectivity index (χ1n) is 5.62. The van der Waals surface area contributed by atoms with Crippen LogP contribution in [0.3, 0.4) is 0 Å². The zero-order valence-corrected chi connectivity index (χ0v) is 12.6. The summed E-state index contributed by atoms with van der Waals surface area (Å²) in [6.07, 6.45) is 0. The van der Waals surface area contributed by atoms with E-state index >= 15 is 0 Å². The lowest BCUT2D eigenvalue weighted by Crippen LogP contribution is -2.29. The molecule has 0 radical (unpaired) electrons. The quantitative estimate of drug-likeness (QED) is 0.467. The number of rotatable bonds is 2. The van der Waals surface area contributed by atoms with Gasteiger partial charge in [0.15, 0.2) is 0 Å². The fraction of sp³-hybridized carbons (Fsp3) is 0.500. The maximum atomic E-state index is 11.6. The number of halogens is 1. The summed E-state index contributed by atoms with van der Waals surface area (Å²) in [5.74, 6) is 0.288. The molecule has 0 unspecified atom stereocenters. The Bertz CT molecular complexity index is 394. The Morgan fingerprint density at radius 3 is 1.88 bits per heavy atom. The molecule has 0 aromatic heterocycles. The molecule has 3 heteroatoms. The van der Waals surface area contributed by atoms with Gasteiger partial charge in [-0.15, -0.1) is 0 Å². The van der Waals surface area contributed by atoms with Crippen molar-refractivity contribution in [3.05, 3.63) is 29.8 Å². The molecular formula is C14H19BrO2. The van der Waals surface area contributed by atoms with Gasteiger partial charge < -0.3 is 4.74 Å². The number of carbonyl (C=O) groups is 1. The zero-order chi connectivity index (χ0) is 13.3. The second kappa shape index (κ2) is 4.81. The van der Waals surface area contributed by atoms with Crippen molar-refractivity contribution in [2.75, 3.05) is 0 Å². The summed E-state index contributed by atoms with van der Waals surface area (Å²) in [5.41, 5.74) is 1.33. The van der Waals surface area contributed by atoms with E-state index in [0.717, 1.165) is 0 Å². The Labute approximate surface area is 111 Å². The Kier molecular flexibility index (Phi) is 4.03. The van der Waals surface area contributed by atoms with Crippen molar-refractivity contribution >= 4 is 21.9 Å². The van der Waals surface area contributed by atoms with Crippen LogP contribution in [0.25, 0.3) is 0 Å². The van der Waals surface area contributed by atoms with E-state index in [9.17, 15) is 4.79 Å². The standard InChI is InChI=1S/C14H19BrO2/c1-13(2,3)10-6-8-11(9-7-10)17-12(16)14(4,5)15/h6-9H,1-5H3. The molecule has 0 heterocycles. The van der Waals surface area contributed by atoms with Crippen molar-refractivity contribution in [3.8, 4) is 5.75 Å². The van der Waals surface area contributed by atoms with Crippen molar-refractivity contribution < 1.29 is 9.53 Å². The van der Waals surface area contributed by atoms with Crippen LogP contribution in [0.2, 0.25) is 0 Å². The van der Waals surface area contributed by atoms with Gasteiger partial charge in [-0.05, 0) is 37.0 Å². The Hall–Kier alpha value is -0.830. The summed E-state index contributed by atoms with van der Waals surface area (Å²) < 4.78 is 4.60. The van der Waals surface area contributed by atoms with Crippen LogP contribution in [-0.2, 0) is 10.2 Å². The van der Waals surface area contributed by atoms with Crippen molar-refractivity contribution in [1.29, 1.82) is 0 Å². The summed E-state index contributed by atoms with van der Waals surface area (Å²) in [4.78, 5) is 11.6. The van der Waals surface area contributed by atoms with Crippen LogP contribution in [-0.4, -0.2) is 10.3 Å². The van der Waals surface area contributed by atoms with E-state index < -0.39 is 4.32 Å². The normalized spacial score (nSPS) is 12.4. The third-order valence-corrected chi connectivity index (χ3v) is 2.74. The third-order valence-electron chi connectivity index (χ3n) is 2.42. The molecule has 17 heavy (non-hydrogen) atoms. The summed E-state index contributed by atoms with van der Waals surface area (Å²) in [6.45, 7) is 9.97. The van der Waals surface area contributed by atoms with Gasteiger partial charge in [0.2, 0.25) is 0 Å². The average Bonchev–Trinajstić information content (AvgIpc) is 2.15.